The minimum Gasteiger partial charge on any atom is -0.465 e. The predicted molar refractivity (Wildman–Crippen MR) is 299 cm³/mol. The van der Waals surface area contributed by atoms with E-state index in [1.54, 1.807) is 30.1 Å². The van der Waals surface area contributed by atoms with Gasteiger partial charge in [-0.3, -0.25) is 35.1 Å². The molecule has 4 aliphatic rings. The van der Waals surface area contributed by atoms with Crippen molar-refractivity contribution in [2.45, 2.75) is 48.2 Å². The van der Waals surface area contributed by atoms with Crippen LogP contribution in [0.1, 0.15) is 67.0 Å². The third-order valence-electron chi connectivity index (χ3n) is 11.7. The van der Waals surface area contributed by atoms with E-state index < -0.39 is 27.2 Å². The molecule has 0 aromatic heterocycles. The molecular formula is C52H83FN12O10. The molecule has 4 heterocycles. The Hall–Kier alpha value is -7.05. The van der Waals surface area contributed by atoms with E-state index in [2.05, 4.69) is 61.2 Å². The molecule has 0 radical (unpaired) electrons. The highest BCUT2D eigenvalue weighted by Crippen LogP contribution is 2.29. The standard InChI is InChI=1S/C11H13N3O3.C11H15N3O2.C11H17N3.C8H6FNO4.C4H12N2.C4H8O.3CH4/c1-12-5-6-13(2)11(15)9-7-8(14(16)17)3-4-10(9)12;1-12-5-6-13(2)11-4-3-10(14(15)16)7-9(11)8-12;1-13-5-6-14(2)11-4-3-10(12)7-9(11)8-13;1-14-8(11)6-4-5(10(12)13)2-3-7(6)9;1-5-3-4-6-2;1-2-4-5-3-1;;;/h3-4,7H,5-6H2,1-2H3;3-4,7H,5-6,8H2,1-2H3;3-4,7H,5-6,8,12H2,1-2H3;2-4H,1H3;5-6H,3-4H2,1-2H3;1-4H2;3*1H4. The maximum atomic E-state index is 12.9. The number of carbonyl (C=O) groups is 2. The number of carbonyl (C=O) groups excluding carboxylic acids is 2. The summed E-state index contributed by atoms with van der Waals surface area (Å²) in [6.45, 7) is 11.3. The molecule has 1 saturated heterocycles. The molecule has 8 rings (SSSR count). The minimum absolute atomic E-state index is 0. The molecule has 0 atom stereocenters. The quantitative estimate of drug-likeness (QED) is 0.0536. The maximum Gasteiger partial charge on any atom is 0.341 e. The average Bonchev–Trinajstić information content (AvgIpc) is 3.85. The fourth-order valence-electron chi connectivity index (χ4n) is 7.43. The highest BCUT2D eigenvalue weighted by Gasteiger charge is 2.25. The zero-order valence-corrected chi connectivity index (χ0v) is 42.9. The first-order chi connectivity index (χ1) is 34.2. The molecule has 23 heteroatoms. The van der Waals surface area contributed by atoms with Crippen molar-refractivity contribution in [2.75, 3.05) is 149 Å². The van der Waals surface area contributed by atoms with E-state index >= 15 is 0 Å². The lowest BCUT2D eigenvalue weighted by atomic mass is 10.1. The summed E-state index contributed by atoms with van der Waals surface area (Å²) in [5.74, 6) is -1.96. The molecule has 0 saturated carbocycles. The first kappa shape index (κ1) is 68.0. The van der Waals surface area contributed by atoms with Gasteiger partial charge in [-0.2, -0.15) is 0 Å². The van der Waals surface area contributed by atoms with Crippen LogP contribution in [0.5, 0.6) is 0 Å². The van der Waals surface area contributed by atoms with E-state index in [9.17, 15) is 44.3 Å². The predicted octanol–water partition coefficient (Wildman–Crippen LogP) is 7.39. The Morgan fingerprint density at radius 3 is 1.51 bits per heavy atom. The molecule has 4 aliphatic heterocycles. The summed E-state index contributed by atoms with van der Waals surface area (Å²) in [6.07, 6.45) is 2.56. The monoisotopic (exact) mass is 1050 g/mol. The van der Waals surface area contributed by atoms with Crippen LogP contribution in [0.15, 0.2) is 72.8 Å². The Balaban J connectivity index is 0.000000901. The lowest BCUT2D eigenvalue weighted by Crippen LogP contribution is -2.29. The molecule has 22 nitrogen and oxygen atoms in total. The second-order valence-corrected chi connectivity index (χ2v) is 17.3. The molecule has 0 bridgehead atoms. The Bertz CT molecular complexity index is 2420. The first-order valence-corrected chi connectivity index (χ1v) is 23.3. The van der Waals surface area contributed by atoms with E-state index in [0.29, 0.717) is 18.7 Å². The average molecular weight is 1060 g/mol. The van der Waals surface area contributed by atoms with E-state index in [0.717, 1.165) is 114 Å². The van der Waals surface area contributed by atoms with Crippen LogP contribution in [-0.2, 0) is 22.6 Å². The summed E-state index contributed by atoms with van der Waals surface area (Å²) in [7, 11) is 16.8. The number of anilines is 4. The van der Waals surface area contributed by atoms with Crippen molar-refractivity contribution in [1.29, 1.82) is 0 Å². The summed E-state index contributed by atoms with van der Waals surface area (Å²) in [5, 5.41) is 37.7. The number of nitro benzene ring substituents is 3. The fourth-order valence-corrected chi connectivity index (χ4v) is 7.43. The van der Waals surface area contributed by atoms with Gasteiger partial charge in [-0.25, -0.2) is 9.18 Å². The Morgan fingerprint density at radius 2 is 1.04 bits per heavy atom. The van der Waals surface area contributed by atoms with E-state index in [-0.39, 0.29) is 50.2 Å². The number of amides is 1. The number of rotatable bonds is 7. The van der Waals surface area contributed by atoms with Gasteiger partial charge in [0.25, 0.3) is 23.0 Å². The third kappa shape index (κ3) is 21.8. The highest BCUT2D eigenvalue weighted by molar-refractivity contribution is 6.01. The summed E-state index contributed by atoms with van der Waals surface area (Å²) in [6, 6.07) is 18.3. The molecule has 1 fully saturated rings. The van der Waals surface area contributed by atoms with Crippen LogP contribution in [0.3, 0.4) is 0 Å². The van der Waals surface area contributed by atoms with Gasteiger partial charge in [0.15, 0.2) is 0 Å². The van der Waals surface area contributed by atoms with Crippen molar-refractivity contribution in [2.24, 2.45) is 0 Å². The molecule has 75 heavy (non-hydrogen) atoms. The third-order valence-corrected chi connectivity index (χ3v) is 11.7. The largest absolute Gasteiger partial charge is 0.465 e. The lowest BCUT2D eigenvalue weighted by molar-refractivity contribution is -0.385. The Morgan fingerprint density at radius 1 is 0.627 bits per heavy atom. The molecule has 0 aliphatic carbocycles. The minimum atomic E-state index is -0.939. The molecule has 418 valence electrons. The van der Waals surface area contributed by atoms with Gasteiger partial charge in [0.2, 0.25) is 0 Å². The molecule has 4 N–H and O–H groups in total. The van der Waals surface area contributed by atoms with Gasteiger partial charge in [-0.05, 0) is 88.6 Å². The number of methoxy groups -OCH3 is 1. The highest BCUT2D eigenvalue weighted by atomic mass is 19.1. The van der Waals surface area contributed by atoms with Gasteiger partial charge in [0.1, 0.15) is 11.4 Å². The Labute approximate surface area is 443 Å². The van der Waals surface area contributed by atoms with E-state index in [1.165, 1.54) is 36.2 Å². The van der Waals surface area contributed by atoms with Crippen LogP contribution in [0, 0.1) is 36.2 Å². The first-order valence-electron chi connectivity index (χ1n) is 23.3. The summed E-state index contributed by atoms with van der Waals surface area (Å²) in [4.78, 5) is 65.6. The van der Waals surface area contributed by atoms with Crippen LogP contribution in [0.4, 0.5) is 44.2 Å². The van der Waals surface area contributed by atoms with Crippen LogP contribution in [-0.4, -0.2) is 170 Å². The number of nitrogens with one attached hydrogen (secondary N) is 2. The van der Waals surface area contributed by atoms with Crippen molar-refractivity contribution in [3.05, 3.63) is 131 Å². The van der Waals surface area contributed by atoms with Crippen LogP contribution >= 0.6 is 0 Å². The lowest BCUT2D eigenvalue weighted by Gasteiger charge is -2.18. The molecule has 4 aromatic rings. The number of nitro groups is 3. The van der Waals surface area contributed by atoms with Gasteiger partial charge in [0, 0.05) is 166 Å². The number of benzene rings is 4. The number of ether oxygens (including phenoxy) is 2. The topological polar surface area (TPSA) is 252 Å². The van der Waals surface area contributed by atoms with Crippen LogP contribution < -0.4 is 31.1 Å². The van der Waals surface area contributed by atoms with E-state index in [4.69, 9.17) is 10.5 Å². The van der Waals surface area contributed by atoms with Gasteiger partial charge < -0.3 is 55.2 Å². The number of hydrogen-bond donors (Lipinski definition) is 3. The van der Waals surface area contributed by atoms with Crippen molar-refractivity contribution >= 4 is 51.7 Å². The molecule has 0 spiro atoms. The van der Waals surface area contributed by atoms with Crippen LogP contribution in [0.25, 0.3) is 0 Å². The number of nitrogens with two attached hydrogens (primary N) is 1. The molecule has 0 unspecified atom stereocenters. The summed E-state index contributed by atoms with van der Waals surface area (Å²) >= 11 is 0. The SMILES string of the molecule is C.C.C.C1CCOC1.CN1CCN(C)c2ccc(N)cc2C1.CN1CCN(C)c2ccc([N+](=O)[O-])cc2C1.CN1CCN(C)c2ccc([N+](=O)[O-])cc2C1=O.CNCCNC.COC(=O)c1cc([N+](=O)[O-])ccc1F. The number of nitrogens with zero attached hydrogens (tertiary/aromatic N) is 9. The second kappa shape index (κ2) is 34.4. The zero-order chi connectivity index (χ0) is 53.5. The number of hydrogen-bond acceptors (Lipinski definition) is 18. The number of non-ortho nitro benzene ring substituents is 3. The second-order valence-electron chi connectivity index (χ2n) is 17.3. The number of halogens is 1. The van der Waals surface area contributed by atoms with Crippen molar-refractivity contribution in [3.8, 4) is 0 Å². The van der Waals surface area contributed by atoms with Crippen LogP contribution in [0.2, 0.25) is 0 Å². The fraction of sp³-hybridized carbons (Fsp3) is 0.500. The normalized spacial score (nSPS) is 14.5. The van der Waals surface area contributed by atoms with Crippen molar-refractivity contribution in [3.63, 3.8) is 0 Å². The van der Waals surface area contributed by atoms with E-state index in [1.807, 2.05) is 52.3 Å². The van der Waals surface area contributed by atoms with Crippen molar-refractivity contribution < 1.29 is 38.2 Å². The smallest absolute Gasteiger partial charge is 0.341 e. The number of esters is 1. The number of nitrogen functional groups attached to an aromatic ring is 1. The maximum absolute atomic E-state index is 12.9. The zero-order valence-electron chi connectivity index (χ0n) is 42.9. The summed E-state index contributed by atoms with van der Waals surface area (Å²) in [5.41, 5.74) is 11.8. The number of fused-ring (bicyclic) bond motifs is 3. The molecular weight excluding hydrogens is 972 g/mol. The Kier molecular flexibility index (Phi) is 31.2. The van der Waals surface area contributed by atoms with Gasteiger partial charge in [-0.1, -0.05) is 22.3 Å². The van der Waals surface area contributed by atoms with Crippen molar-refractivity contribution in [1.82, 2.24) is 25.3 Å². The van der Waals surface area contributed by atoms with Gasteiger partial charge in [-0.15, -0.1) is 0 Å². The molecule has 1 amide bonds. The summed E-state index contributed by atoms with van der Waals surface area (Å²) < 4.78 is 22.1. The van der Waals surface area contributed by atoms with Gasteiger partial charge in [0.05, 0.1) is 27.4 Å². The number of likely N-dealkylation sites (N-methyl/N-ethyl adjacent to an activating group) is 8. The van der Waals surface area contributed by atoms with Gasteiger partial charge >= 0.3 is 5.97 Å². The molecule has 4 aromatic carbocycles.